The highest BCUT2D eigenvalue weighted by Crippen LogP contribution is 2.15. The van der Waals surface area contributed by atoms with Gasteiger partial charge >= 0.3 is 0 Å². The lowest BCUT2D eigenvalue weighted by atomic mass is 10.2. The van der Waals surface area contributed by atoms with Crippen molar-refractivity contribution in [1.82, 2.24) is 19.7 Å². The molecular formula is C15H20N4O2. The lowest BCUT2D eigenvalue weighted by Gasteiger charge is -2.17. The van der Waals surface area contributed by atoms with Gasteiger partial charge < -0.3 is 10.0 Å². The lowest BCUT2D eigenvalue weighted by molar-refractivity contribution is 0.0768. The zero-order chi connectivity index (χ0) is 15.4. The van der Waals surface area contributed by atoms with Crippen molar-refractivity contribution in [3.8, 4) is 5.69 Å². The molecule has 0 aromatic carbocycles. The molecule has 2 heterocycles. The highest BCUT2D eigenvalue weighted by molar-refractivity contribution is 5.95. The summed E-state index contributed by atoms with van der Waals surface area (Å²) in [5, 5.41) is 13.6. The van der Waals surface area contributed by atoms with Gasteiger partial charge in [0.2, 0.25) is 0 Å². The van der Waals surface area contributed by atoms with E-state index in [1.165, 1.54) is 0 Å². The van der Waals surface area contributed by atoms with E-state index in [0.29, 0.717) is 18.5 Å². The average Bonchev–Trinajstić information content (AvgIpc) is 2.86. The third kappa shape index (κ3) is 3.46. The molecule has 2 aromatic heterocycles. The second kappa shape index (κ2) is 6.49. The van der Waals surface area contributed by atoms with Crippen LogP contribution in [0.1, 0.15) is 29.4 Å². The Morgan fingerprint density at radius 3 is 2.71 bits per heavy atom. The molecule has 6 nitrogen and oxygen atoms in total. The second-order valence-electron chi connectivity index (χ2n) is 5.13. The molecule has 1 atom stereocenters. The summed E-state index contributed by atoms with van der Waals surface area (Å²) in [6.07, 6.45) is 5.09. The van der Waals surface area contributed by atoms with Gasteiger partial charge in [0.05, 0.1) is 29.2 Å². The van der Waals surface area contributed by atoms with Gasteiger partial charge in [0.15, 0.2) is 0 Å². The number of nitrogens with zero attached hydrogens (tertiary/aromatic N) is 4. The number of carbonyl (C=O) groups excluding carboxylic acids is 1. The van der Waals surface area contributed by atoms with Crippen molar-refractivity contribution in [2.45, 2.75) is 26.4 Å². The molecule has 0 aliphatic carbocycles. The van der Waals surface area contributed by atoms with Crippen molar-refractivity contribution in [3.05, 3.63) is 42.0 Å². The van der Waals surface area contributed by atoms with E-state index in [1.807, 2.05) is 19.1 Å². The minimum Gasteiger partial charge on any atom is -0.393 e. The van der Waals surface area contributed by atoms with Crippen molar-refractivity contribution >= 4 is 5.91 Å². The molecule has 21 heavy (non-hydrogen) atoms. The Bertz CT molecular complexity index is 607. The van der Waals surface area contributed by atoms with E-state index in [1.54, 1.807) is 42.1 Å². The van der Waals surface area contributed by atoms with Gasteiger partial charge in [-0.2, -0.15) is 5.10 Å². The summed E-state index contributed by atoms with van der Waals surface area (Å²) in [5.74, 6) is -0.0894. The third-order valence-corrected chi connectivity index (χ3v) is 3.38. The number of carbonyl (C=O) groups is 1. The van der Waals surface area contributed by atoms with Crippen LogP contribution in [0.3, 0.4) is 0 Å². The second-order valence-corrected chi connectivity index (χ2v) is 5.13. The molecule has 0 radical (unpaired) electrons. The first kappa shape index (κ1) is 15.2. The molecule has 0 spiro atoms. The molecule has 0 saturated heterocycles. The topological polar surface area (TPSA) is 71.2 Å². The van der Waals surface area contributed by atoms with E-state index in [-0.39, 0.29) is 5.91 Å². The Morgan fingerprint density at radius 1 is 1.43 bits per heavy atom. The van der Waals surface area contributed by atoms with Gasteiger partial charge in [-0.25, -0.2) is 4.68 Å². The zero-order valence-corrected chi connectivity index (χ0v) is 12.5. The minimum atomic E-state index is -0.416. The van der Waals surface area contributed by atoms with Crippen molar-refractivity contribution in [3.63, 3.8) is 0 Å². The summed E-state index contributed by atoms with van der Waals surface area (Å²) < 4.78 is 1.72. The maximum absolute atomic E-state index is 12.4. The molecule has 1 amide bonds. The average molecular weight is 288 g/mol. The fourth-order valence-corrected chi connectivity index (χ4v) is 2.05. The van der Waals surface area contributed by atoms with Crippen molar-refractivity contribution in [2.24, 2.45) is 0 Å². The van der Waals surface area contributed by atoms with E-state index < -0.39 is 6.10 Å². The fraction of sp³-hybridized carbons (Fsp3) is 0.400. The number of rotatable bonds is 5. The summed E-state index contributed by atoms with van der Waals surface area (Å²) >= 11 is 0. The molecule has 1 unspecified atom stereocenters. The van der Waals surface area contributed by atoms with Crippen molar-refractivity contribution in [1.29, 1.82) is 0 Å². The highest BCUT2D eigenvalue weighted by Gasteiger charge is 2.18. The normalized spacial score (nSPS) is 12.2. The van der Waals surface area contributed by atoms with Gasteiger partial charge in [-0.3, -0.25) is 9.78 Å². The van der Waals surface area contributed by atoms with Gasteiger partial charge in [-0.05, 0) is 32.4 Å². The summed E-state index contributed by atoms with van der Waals surface area (Å²) in [4.78, 5) is 18.0. The molecule has 0 aliphatic heterocycles. The largest absolute Gasteiger partial charge is 0.393 e. The third-order valence-electron chi connectivity index (χ3n) is 3.38. The number of hydrogen-bond donors (Lipinski definition) is 1. The molecule has 1 N–H and O–H groups in total. The van der Waals surface area contributed by atoms with Crippen LogP contribution in [0.2, 0.25) is 0 Å². The summed E-state index contributed by atoms with van der Waals surface area (Å²) in [5.41, 5.74) is 2.23. The van der Waals surface area contributed by atoms with Gasteiger partial charge in [-0.15, -0.1) is 0 Å². The summed E-state index contributed by atoms with van der Waals surface area (Å²) in [7, 11) is 1.73. The molecule has 0 saturated carbocycles. The van der Waals surface area contributed by atoms with Gasteiger partial charge in [0, 0.05) is 26.0 Å². The van der Waals surface area contributed by atoms with Crippen LogP contribution in [0.5, 0.6) is 0 Å². The van der Waals surface area contributed by atoms with E-state index in [9.17, 15) is 9.90 Å². The molecule has 0 aliphatic rings. The van der Waals surface area contributed by atoms with Gasteiger partial charge in [0.1, 0.15) is 0 Å². The van der Waals surface area contributed by atoms with Crippen LogP contribution in [0.15, 0.2) is 30.7 Å². The van der Waals surface area contributed by atoms with Crippen LogP contribution in [0, 0.1) is 6.92 Å². The van der Waals surface area contributed by atoms with E-state index in [0.717, 1.165) is 11.4 Å². The standard InChI is InChI=1S/C15H20N4O2/c1-11(20)6-9-18(3)15(21)14-10-17-19(12(14)2)13-4-7-16-8-5-13/h4-5,7-8,10-11,20H,6,9H2,1-3H3. The SMILES string of the molecule is Cc1c(C(=O)N(C)CCC(C)O)cnn1-c1ccncc1. The number of aliphatic hydroxyl groups excluding tert-OH is 1. The zero-order valence-electron chi connectivity index (χ0n) is 12.5. The first-order valence-corrected chi connectivity index (χ1v) is 6.89. The van der Waals surface area contributed by atoms with Gasteiger partial charge in [0.25, 0.3) is 5.91 Å². The van der Waals surface area contributed by atoms with Crippen molar-refractivity contribution < 1.29 is 9.90 Å². The maximum atomic E-state index is 12.4. The van der Waals surface area contributed by atoms with Crippen LogP contribution in [0.25, 0.3) is 5.69 Å². The van der Waals surface area contributed by atoms with Crippen molar-refractivity contribution in [2.75, 3.05) is 13.6 Å². The monoisotopic (exact) mass is 288 g/mol. The molecule has 2 rings (SSSR count). The maximum Gasteiger partial charge on any atom is 0.257 e. The Hall–Kier alpha value is -2.21. The first-order chi connectivity index (χ1) is 10.0. The van der Waals surface area contributed by atoms with Crippen LogP contribution in [0.4, 0.5) is 0 Å². The number of hydrogen-bond acceptors (Lipinski definition) is 4. The fourth-order valence-electron chi connectivity index (χ4n) is 2.05. The minimum absolute atomic E-state index is 0.0894. The van der Waals surface area contributed by atoms with Gasteiger partial charge in [-0.1, -0.05) is 0 Å². The van der Waals surface area contributed by atoms with Crippen LogP contribution < -0.4 is 0 Å². The predicted octanol–water partition coefficient (Wildman–Crippen LogP) is 1.42. The Labute approximate surface area is 124 Å². The Kier molecular flexibility index (Phi) is 4.70. The smallest absolute Gasteiger partial charge is 0.257 e. The van der Waals surface area contributed by atoms with E-state index in [2.05, 4.69) is 10.1 Å². The lowest BCUT2D eigenvalue weighted by Crippen LogP contribution is -2.29. The quantitative estimate of drug-likeness (QED) is 0.903. The molecule has 0 fully saturated rings. The number of amides is 1. The molecular weight excluding hydrogens is 268 g/mol. The number of pyridine rings is 1. The van der Waals surface area contributed by atoms with E-state index in [4.69, 9.17) is 0 Å². The number of aliphatic hydroxyl groups is 1. The first-order valence-electron chi connectivity index (χ1n) is 6.89. The Morgan fingerprint density at radius 2 is 2.10 bits per heavy atom. The van der Waals surface area contributed by atoms with Crippen LogP contribution in [-0.2, 0) is 0 Å². The molecule has 2 aromatic rings. The molecule has 6 heteroatoms. The van der Waals surface area contributed by atoms with Crippen LogP contribution in [-0.4, -0.2) is 50.4 Å². The summed E-state index contributed by atoms with van der Waals surface area (Å²) in [6.45, 7) is 4.09. The highest BCUT2D eigenvalue weighted by atomic mass is 16.3. The molecule has 0 bridgehead atoms. The molecule has 112 valence electrons. The Balaban J connectivity index is 2.18. The van der Waals surface area contributed by atoms with E-state index >= 15 is 0 Å². The summed E-state index contributed by atoms with van der Waals surface area (Å²) in [6, 6.07) is 3.68. The van der Waals surface area contributed by atoms with Crippen LogP contribution >= 0.6 is 0 Å². The predicted molar refractivity (Wildman–Crippen MR) is 79.4 cm³/mol. The number of aromatic nitrogens is 3.